The number of hydrogen-bond acceptors (Lipinski definition) is 6. The largest absolute Gasteiger partial charge is 0.308 e. The third-order valence-corrected chi connectivity index (χ3v) is 4.89. The number of rotatable bonds is 6. The maximum Gasteiger partial charge on any atom is 0.270 e. The summed E-state index contributed by atoms with van der Waals surface area (Å²) < 4.78 is 0.990. The Hall–Kier alpha value is -2.84. The van der Waals surface area contributed by atoms with Crippen LogP contribution < -0.4 is 4.90 Å². The Kier molecular flexibility index (Phi) is 5.24. The molecule has 1 heterocycles. The predicted octanol–water partition coefficient (Wildman–Crippen LogP) is 3.41. The van der Waals surface area contributed by atoms with Gasteiger partial charge in [0.1, 0.15) is 0 Å². The Morgan fingerprint density at radius 2 is 1.92 bits per heavy atom. The number of hydrogen-bond donors (Lipinski definition) is 0. The van der Waals surface area contributed by atoms with E-state index in [4.69, 9.17) is 0 Å². The highest BCUT2D eigenvalue weighted by atomic mass is 32.1. The topological polar surface area (TPSA) is 79.6 Å². The summed E-state index contributed by atoms with van der Waals surface area (Å²) in [6.45, 7) is 1.09. The third kappa shape index (κ3) is 3.87. The van der Waals surface area contributed by atoms with Crippen molar-refractivity contribution in [2.45, 2.75) is 0 Å². The molecule has 0 saturated heterocycles. The van der Waals surface area contributed by atoms with Crippen LogP contribution >= 0.6 is 11.3 Å². The first kappa shape index (κ1) is 18.0. The molecule has 3 rings (SSSR count). The molecule has 0 aliphatic rings. The minimum absolute atomic E-state index is 0.104. The number of carbonyl (C=O) groups is 1. The van der Waals surface area contributed by atoms with Gasteiger partial charge in [0.25, 0.3) is 11.6 Å². The lowest BCUT2D eigenvalue weighted by atomic mass is 10.2. The lowest BCUT2D eigenvalue weighted by Crippen LogP contribution is -2.36. The predicted molar refractivity (Wildman–Crippen MR) is 103 cm³/mol. The molecule has 0 fully saturated rings. The van der Waals surface area contributed by atoms with E-state index in [9.17, 15) is 14.9 Å². The van der Waals surface area contributed by atoms with Crippen LogP contribution in [0, 0.1) is 10.1 Å². The molecule has 134 valence electrons. The lowest BCUT2D eigenvalue weighted by molar-refractivity contribution is -0.384. The van der Waals surface area contributed by atoms with E-state index in [0.29, 0.717) is 18.2 Å². The zero-order chi connectivity index (χ0) is 18.7. The Balaban J connectivity index is 1.98. The fraction of sp³-hybridized carbons (Fsp3) is 0.222. The SMILES string of the molecule is CN(C)CCN(C(=O)c1cccc([N+](=O)[O-])c1)c1nc2ccccc2s1. The van der Waals surface area contributed by atoms with E-state index in [1.54, 1.807) is 11.0 Å². The van der Waals surface area contributed by atoms with Gasteiger partial charge in [0.05, 0.1) is 15.1 Å². The zero-order valence-corrected chi connectivity index (χ0v) is 15.3. The maximum atomic E-state index is 13.1. The molecule has 1 amide bonds. The van der Waals surface area contributed by atoms with Crippen molar-refractivity contribution in [3.63, 3.8) is 0 Å². The van der Waals surface area contributed by atoms with Gasteiger partial charge in [0, 0.05) is 30.8 Å². The molecule has 0 aliphatic carbocycles. The van der Waals surface area contributed by atoms with Crippen LogP contribution in [0.5, 0.6) is 0 Å². The number of nitrogens with zero attached hydrogens (tertiary/aromatic N) is 4. The standard InChI is InChI=1S/C18H18N4O3S/c1-20(2)10-11-21(18-19-15-8-3-4-9-16(15)26-18)17(23)13-6-5-7-14(12-13)22(24)25/h3-9,12H,10-11H2,1-2H3. The summed E-state index contributed by atoms with van der Waals surface area (Å²) in [5.74, 6) is -0.297. The highest BCUT2D eigenvalue weighted by Crippen LogP contribution is 2.29. The van der Waals surface area contributed by atoms with Gasteiger partial charge in [-0.15, -0.1) is 0 Å². The molecule has 1 aromatic heterocycles. The van der Waals surface area contributed by atoms with Gasteiger partial charge in [-0.05, 0) is 32.3 Å². The molecule has 26 heavy (non-hydrogen) atoms. The number of aromatic nitrogens is 1. The first-order valence-corrected chi connectivity index (χ1v) is 8.84. The van der Waals surface area contributed by atoms with Crippen molar-refractivity contribution in [2.24, 2.45) is 0 Å². The fourth-order valence-corrected chi connectivity index (χ4v) is 3.46. The van der Waals surface area contributed by atoms with Crippen LogP contribution in [0.15, 0.2) is 48.5 Å². The molecule has 0 N–H and O–H groups in total. The number of benzene rings is 2. The van der Waals surface area contributed by atoms with Crippen LogP contribution in [0.2, 0.25) is 0 Å². The van der Waals surface area contributed by atoms with Gasteiger partial charge in [-0.25, -0.2) is 4.98 Å². The van der Waals surface area contributed by atoms with Crippen LogP contribution in [0.3, 0.4) is 0 Å². The smallest absolute Gasteiger partial charge is 0.270 e. The van der Waals surface area contributed by atoms with Crippen molar-refractivity contribution in [1.29, 1.82) is 0 Å². The average molecular weight is 370 g/mol. The first-order chi connectivity index (χ1) is 12.5. The van der Waals surface area contributed by atoms with Crippen LogP contribution in [-0.2, 0) is 0 Å². The van der Waals surface area contributed by atoms with Crippen molar-refractivity contribution in [3.8, 4) is 0 Å². The molecule has 8 heteroatoms. The second kappa shape index (κ2) is 7.59. The van der Waals surface area contributed by atoms with Crippen molar-refractivity contribution in [3.05, 3.63) is 64.2 Å². The van der Waals surface area contributed by atoms with E-state index in [1.807, 2.05) is 43.3 Å². The number of nitro benzene ring substituents is 1. The Bertz CT molecular complexity index is 921. The highest BCUT2D eigenvalue weighted by molar-refractivity contribution is 7.22. The summed E-state index contributed by atoms with van der Waals surface area (Å²) >= 11 is 1.43. The molecular formula is C18H18N4O3S. The number of non-ortho nitro benzene ring substituents is 1. The number of carbonyl (C=O) groups excluding carboxylic acids is 1. The summed E-state index contributed by atoms with van der Waals surface area (Å²) in [6, 6.07) is 13.5. The van der Waals surface area contributed by atoms with E-state index in [2.05, 4.69) is 4.98 Å². The van der Waals surface area contributed by atoms with Gasteiger partial charge < -0.3 is 4.90 Å². The van der Waals surface area contributed by atoms with Crippen LogP contribution in [0.25, 0.3) is 10.2 Å². The van der Waals surface area contributed by atoms with E-state index in [0.717, 1.165) is 10.2 Å². The molecule has 3 aromatic rings. The maximum absolute atomic E-state index is 13.1. The van der Waals surface area contributed by atoms with Crippen molar-refractivity contribution >= 4 is 38.3 Å². The number of anilines is 1. The van der Waals surface area contributed by atoms with Gasteiger partial charge in [0.15, 0.2) is 5.13 Å². The van der Waals surface area contributed by atoms with E-state index in [-0.39, 0.29) is 17.2 Å². The average Bonchev–Trinajstić information content (AvgIpc) is 3.05. The molecule has 0 bridgehead atoms. The van der Waals surface area contributed by atoms with Crippen molar-refractivity contribution in [1.82, 2.24) is 9.88 Å². The summed E-state index contributed by atoms with van der Waals surface area (Å²) in [5.41, 5.74) is 0.999. The molecule has 0 radical (unpaired) electrons. The number of thiazole rings is 1. The van der Waals surface area contributed by atoms with Gasteiger partial charge in [-0.3, -0.25) is 19.8 Å². The second-order valence-corrected chi connectivity index (χ2v) is 7.04. The molecular weight excluding hydrogens is 352 g/mol. The fourth-order valence-electron chi connectivity index (χ4n) is 2.47. The Labute approximate surface area is 154 Å². The summed E-state index contributed by atoms with van der Waals surface area (Å²) in [7, 11) is 3.85. The number of likely N-dealkylation sites (N-methyl/N-ethyl adjacent to an activating group) is 1. The summed E-state index contributed by atoms with van der Waals surface area (Å²) in [4.78, 5) is 31.7. The molecule has 0 spiro atoms. The van der Waals surface area contributed by atoms with Crippen molar-refractivity contribution < 1.29 is 9.72 Å². The molecule has 0 saturated carbocycles. The minimum atomic E-state index is -0.501. The Morgan fingerprint density at radius 1 is 1.15 bits per heavy atom. The molecule has 2 aromatic carbocycles. The van der Waals surface area contributed by atoms with Crippen LogP contribution in [-0.4, -0.2) is 47.9 Å². The third-order valence-electron chi connectivity index (χ3n) is 3.83. The van der Waals surface area contributed by atoms with E-state index in [1.165, 1.54) is 29.5 Å². The molecule has 7 nitrogen and oxygen atoms in total. The monoisotopic (exact) mass is 370 g/mol. The first-order valence-electron chi connectivity index (χ1n) is 8.02. The van der Waals surface area contributed by atoms with Gasteiger partial charge >= 0.3 is 0 Å². The second-order valence-electron chi connectivity index (χ2n) is 6.03. The normalized spacial score (nSPS) is 11.0. The molecule has 0 aliphatic heterocycles. The summed E-state index contributed by atoms with van der Waals surface area (Å²) in [6.07, 6.45) is 0. The van der Waals surface area contributed by atoms with Gasteiger partial charge in [-0.2, -0.15) is 0 Å². The molecule has 0 atom stereocenters. The highest BCUT2D eigenvalue weighted by Gasteiger charge is 2.22. The minimum Gasteiger partial charge on any atom is -0.308 e. The zero-order valence-electron chi connectivity index (χ0n) is 14.5. The molecule has 0 unspecified atom stereocenters. The van der Waals surface area contributed by atoms with Gasteiger partial charge in [0.2, 0.25) is 0 Å². The number of para-hydroxylation sites is 1. The lowest BCUT2D eigenvalue weighted by Gasteiger charge is -2.22. The van der Waals surface area contributed by atoms with Crippen LogP contribution in [0.1, 0.15) is 10.4 Å². The summed E-state index contributed by atoms with van der Waals surface area (Å²) in [5, 5.41) is 11.6. The Morgan fingerprint density at radius 3 is 2.62 bits per heavy atom. The number of nitro groups is 1. The number of amides is 1. The van der Waals surface area contributed by atoms with Gasteiger partial charge in [-0.1, -0.05) is 29.5 Å². The quantitative estimate of drug-likeness (QED) is 0.491. The van der Waals surface area contributed by atoms with E-state index >= 15 is 0 Å². The van der Waals surface area contributed by atoms with Crippen molar-refractivity contribution in [2.75, 3.05) is 32.1 Å². The van der Waals surface area contributed by atoms with E-state index < -0.39 is 4.92 Å². The number of fused-ring (bicyclic) bond motifs is 1. The van der Waals surface area contributed by atoms with Crippen LogP contribution in [0.4, 0.5) is 10.8 Å².